The van der Waals surface area contributed by atoms with Crippen LogP contribution in [0.5, 0.6) is 0 Å². The molecule has 1 atom stereocenters. The Balaban J connectivity index is 2.55. The quantitative estimate of drug-likeness (QED) is 0.727. The summed E-state index contributed by atoms with van der Waals surface area (Å²) in [5.74, 6) is 0.726. The molecule has 0 aromatic carbocycles. The molecule has 0 aliphatic carbocycles. The first-order chi connectivity index (χ1) is 7.27. The highest BCUT2D eigenvalue weighted by atomic mass is 32.2. The van der Waals surface area contributed by atoms with Crippen LogP contribution in [-0.2, 0) is 0 Å². The van der Waals surface area contributed by atoms with Crippen molar-refractivity contribution in [1.82, 2.24) is 10.3 Å². The van der Waals surface area contributed by atoms with E-state index >= 15 is 0 Å². The van der Waals surface area contributed by atoms with E-state index in [-0.39, 0.29) is 6.61 Å². The van der Waals surface area contributed by atoms with Crippen molar-refractivity contribution in [1.29, 1.82) is 0 Å². The van der Waals surface area contributed by atoms with Crippen LogP contribution in [0.15, 0.2) is 23.2 Å². The Hall–Kier alpha value is -0.580. The molecule has 1 unspecified atom stereocenters. The molecule has 0 aliphatic heterocycles. The van der Waals surface area contributed by atoms with Gasteiger partial charge in [-0.3, -0.25) is 4.98 Å². The van der Waals surface area contributed by atoms with Gasteiger partial charge in [0.2, 0.25) is 0 Å². The van der Waals surface area contributed by atoms with Crippen molar-refractivity contribution in [3.8, 4) is 0 Å². The molecule has 4 heteroatoms. The maximum atomic E-state index is 8.69. The van der Waals surface area contributed by atoms with Crippen LogP contribution in [-0.4, -0.2) is 29.0 Å². The third kappa shape index (κ3) is 4.20. The lowest BCUT2D eigenvalue weighted by atomic mass is 10.2. The molecular weight excluding hydrogens is 208 g/mol. The molecule has 1 heterocycles. The first-order valence-corrected chi connectivity index (χ1v) is 6.19. The minimum absolute atomic E-state index is 0.209. The fourth-order valence-electron chi connectivity index (χ4n) is 1.31. The standard InChI is InChI=1S/C11H18N2OS/c1-3-12-9(2)11-5-4-10(8-13-11)15-7-6-14/h4-5,8-9,12,14H,3,6-7H2,1-2H3. The molecule has 2 N–H and O–H groups in total. The van der Waals surface area contributed by atoms with Gasteiger partial charge in [0.15, 0.2) is 0 Å². The molecule has 1 aromatic rings. The highest BCUT2D eigenvalue weighted by Crippen LogP contribution is 2.18. The molecule has 3 nitrogen and oxygen atoms in total. The van der Waals surface area contributed by atoms with Crippen LogP contribution in [0.4, 0.5) is 0 Å². The van der Waals surface area contributed by atoms with E-state index in [4.69, 9.17) is 5.11 Å². The number of pyridine rings is 1. The number of thioether (sulfide) groups is 1. The zero-order valence-corrected chi connectivity index (χ0v) is 10.0. The van der Waals surface area contributed by atoms with Crippen LogP contribution in [0, 0.1) is 0 Å². The van der Waals surface area contributed by atoms with E-state index in [1.165, 1.54) is 0 Å². The third-order valence-electron chi connectivity index (χ3n) is 2.07. The van der Waals surface area contributed by atoms with Crippen molar-refractivity contribution >= 4 is 11.8 Å². The fraction of sp³-hybridized carbons (Fsp3) is 0.545. The number of hydrogen-bond donors (Lipinski definition) is 2. The number of rotatable bonds is 6. The van der Waals surface area contributed by atoms with E-state index in [0.29, 0.717) is 6.04 Å². The molecule has 15 heavy (non-hydrogen) atoms. The molecule has 0 saturated carbocycles. The fourth-order valence-corrected chi connectivity index (χ4v) is 1.93. The van der Waals surface area contributed by atoms with E-state index in [1.54, 1.807) is 11.8 Å². The maximum Gasteiger partial charge on any atom is 0.0571 e. The lowest BCUT2D eigenvalue weighted by Gasteiger charge is -2.11. The van der Waals surface area contributed by atoms with Crippen molar-refractivity contribution < 1.29 is 5.11 Å². The highest BCUT2D eigenvalue weighted by Gasteiger charge is 2.04. The van der Waals surface area contributed by atoms with Crippen LogP contribution in [0.25, 0.3) is 0 Å². The zero-order valence-electron chi connectivity index (χ0n) is 9.23. The molecule has 0 amide bonds. The highest BCUT2D eigenvalue weighted by molar-refractivity contribution is 7.99. The van der Waals surface area contributed by atoms with Gasteiger partial charge in [-0.25, -0.2) is 0 Å². The average molecular weight is 226 g/mol. The predicted octanol–water partition coefficient (Wildman–Crippen LogP) is 1.84. The van der Waals surface area contributed by atoms with Crippen LogP contribution in [0.3, 0.4) is 0 Å². The number of nitrogens with one attached hydrogen (secondary N) is 1. The molecule has 0 radical (unpaired) electrons. The summed E-state index contributed by atoms with van der Waals surface area (Å²) >= 11 is 1.62. The summed E-state index contributed by atoms with van der Waals surface area (Å²) in [4.78, 5) is 5.49. The summed E-state index contributed by atoms with van der Waals surface area (Å²) in [6.07, 6.45) is 1.86. The van der Waals surface area contributed by atoms with Crippen molar-refractivity contribution in [2.45, 2.75) is 24.8 Å². The van der Waals surface area contributed by atoms with Crippen LogP contribution < -0.4 is 5.32 Å². The second kappa shape index (κ2) is 6.82. The van der Waals surface area contributed by atoms with Crippen LogP contribution in [0.1, 0.15) is 25.6 Å². The minimum atomic E-state index is 0.209. The van der Waals surface area contributed by atoms with Gasteiger partial charge in [-0.15, -0.1) is 11.8 Å². The van der Waals surface area contributed by atoms with Crippen LogP contribution in [0.2, 0.25) is 0 Å². The normalized spacial score (nSPS) is 12.7. The Morgan fingerprint density at radius 1 is 1.53 bits per heavy atom. The largest absolute Gasteiger partial charge is 0.396 e. The van der Waals surface area contributed by atoms with Gasteiger partial charge in [0.1, 0.15) is 0 Å². The smallest absolute Gasteiger partial charge is 0.0571 e. The van der Waals surface area contributed by atoms with Crippen molar-refractivity contribution in [2.24, 2.45) is 0 Å². The Bertz CT molecular complexity index is 276. The summed E-state index contributed by atoms with van der Waals surface area (Å²) in [6, 6.07) is 4.38. The summed E-state index contributed by atoms with van der Waals surface area (Å²) < 4.78 is 0. The molecular formula is C11H18N2OS. The van der Waals surface area contributed by atoms with E-state index in [9.17, 15) is 0 Å². The Morgan fingerprint density at radius 2 is 2.33 bits per heavy atom. The Morgan fingerprint density at radius 3 is 2.87 bits per heavy atom. The number of aliphatic hydroxyl groups excluding tert-OH is 1. The molecule has 1 aromatic heterocycles. The second-order valence-corrected chi connectivity index (χ2v) is 4.44. The van der Waals surface area contributed by atoms with Gasteiger partial charge in [0.25, 0.3) is 0 Å². The van der Waals surface area contributed by atoms with Gasteiger partial charge in [-0.05, 0) is 25.6 Å². The summed E-state index contributed by atoms with van der Waals surface area (Å²) in [5, 5.41) is 12.0. The van der Waals surface area contributed by atoms with E-state index < -0.39 is 0 Å². The van der Waals surface area contributed by atoms with Gasteiger partial charge in [-0.2, -0.15) is 0 Å². The average Bonchev–Trinajstić information content (AvgIpc) is 2.27. The van der Waals surface area contributed by atoms with Gasteiger partial charge in [0, 0.05) is 22.9 Å². The number of aromatic nitrogens is 1. The molecule has 1 rings (SSSR count). The summed E-state index contributed by atoms with van der Waals surface area (Å²) in [5.41, 5.74) is 1.06. The van der Waals surface area contributed by atoms with Crippen LogP contribution >= 0.6 is 11.8 Å². The number of nitrogens with zero attached hydrogens (tertiary/aromatic N) is 1. The van der Waals surface area contributed by atoms with Crippen molar-refractivity contribution in [2.75, 3.05) is 18.9 Å². The molecule has 0 spiro atoms. The second-order valence-electron chi connectivity index (χ2n) is 3.27. The monoisotopic (exact) mass is 226 g/mol. The first-order valence-electron chi connectivity index (χ1n) is 5.21. The zero-order chi connectivity index (χ0) is 11.1. The van der Waals surface area contributed by atoms with Gasteiger partial charge in [0.05, 0.1) is 12.3 Å². The topological polar surface area (TPSA) is 45.1 Å². The summed E-state index contributed by atoms with van der Waals surface area (Å²) in [6.45, 7) is 5.35. The molecule has 84 valence electrons. The molecule has 0 saturated heterocycles. The predicted molar refractivity (Wildman–Crippen MR) is 64.1 cm³/mol. The third-order valence-corrected chi connectivity index (χ3v) is 3.03. The minimum Gasteiger partial charge on any atom is -0.396 e. The van der Waals surface area contributed by atoms with Gasteiger partial charge >= 0.3 is 0 Å². The number of hydrogen-bond acceptors (Lipinski definition) is 4. The lowest BCUT2D eigenvalue weighted by Crippen LogP contribution is -2.18. The molecule has 0 bridgehead atoms. The van der Waals surface area contributed by atoms with E-state index in [2.05, 4.69) is 30.2 Å². The summed E-state index contributed by atoms with van der Waals surface area (Å²) in [7, 11) is 0. The lowest BCUT2D eigenvalue weighted by molar-refractivity contribution is 0.322. The van der Waals surface area contributed by atoms with Crippen molar-refractivity contribution in [3.63, 3.8) is 0 Å². The molecule has 0 aliphatic rings. The molecule has 0 fully saturated rings. The van der Waals surface area contributed by atoms with Crippen molar-refractivity contribution in [3.05, 3.63) is 24.0 Å². The maximum absolute atomic E-state index is 8.69. The Labute approximate surface area is 95.3 Å². The Kier molecular flexibility index (Phi) is 5.68. The van der Waals surface area contributed by atoms with Gasteiger partial charge < -0.3 is 10.4 Å². The van der Waals surface area contributed by atoms with E-state index in [0.717, 1.165) is 22.9 Å². The van der Waals surface area contributed by atoms with Gasteiger partial charge in [-0.1, -0.05) is 6.92 Å². The number of aliphatic hydroxyl groups is 1. The van der Waals surface area contributed by atoms with E-state index in [1.807, 2.05) is 12.3 Å². The first kappa shape index (κ1) is 12.5. The SMILES string of the molecule is CCNC(C)c1ccc(SCCO)cn1.